The van der Waals surface area contributed by atoms with Crippen molar-refractivity contribution < 1.29 is 4.79 Å². The lowest BCUT2D eigenvalue weighted by Gasteiger charge is -2.20. The molecule has 1 unspecified atom stereocenters. The minimum atomic E-state index is 0.0124. The van der Waals surface area contributed by atoms with E-state index in [0.29, 0.717) is 17.6 Å². The zero-order valence-electron chi connectivity index (χ0n) is 14.5. The molecule has 24 heavy (non-hydrogen) atoms. The summed E-state index contributed by atoms with van der Waals surface area (Å²) in [6, 6.07) is 4.66. The summed E-state index contributed by atoms with van der Waals surface area (Å²) >= 11 is 1.46. The van der Waals surface area contributed by atoms with Gasteiger partial charge in [0.1, 0.15) is 0 Å². The third kappa shape index (κ3) is 4.19. The fraction of sp³-hybridized carbons (Fsp3) is 0.500. The molecule has 0 aliphatic carbocycles. The summed E-state index contributed by atoms with van der Waals surface area (Å²) in [6.45, 7) is 5.08. The standard InChI is InChI=1S/C18H24N4OS/c1-12-9-14(10-15(19-12)16-5-4-8-22(16)3)6-7-17(23)21-18-20-13(2)11-24-18/h9-11,16H,4-8H2,1-3H3,(H,20,21,23). The second kappa shape index (κ2) is 7.40. The van der Waals surface area contributed by atoms with E-state index in [4.69, 9.17) is 4.98 Å². The third-order valence-electron chi connectivity index (χ3n) is 4.40. The number of aryl methyl sites for hydroxylation is 3. The van der Waals surface area contributed by atoms with E-state index in [2.05, 4.69) is 34.4 Å². The van der Waals surface area contributed by atoms with E-state index in [1.54, 1.807) is 0 Å². The van der Waals surface area contributed by atoms with Gasteiger partial charge in [0.25, 0.3) is 0 Å². The number of likely N-dealkylation sites (tertiary alicyclic amines) is 1. The molecule has 1 saturated heterocycles. The Morgan fingerprint density at radius 1 is 1.33 bits per heavy atom. The van der Waals surface area contributed by atoms with Crippen molar-refractivity contribution in [3.63, 3.8) is 0 Å². The molecule has 1 aliphatic heterocycles. The molecule has 128 valence electrons. The maximum atomic E-state index is 12.1. The van der Waals surface area contributed by atoms with Crippen LogP contribution in [0.2, 0.25) is 0 Å². The van der Waals surface area contributed by atoms with Gasteiger partial charge in [0, 0.05) is 17.5 Å². The van der Waals surface area contributed by atoms with E-state index in [0.717, 1.165) is 36.5 Å². The predicted octanol–water partition coefficient (Wildman–Crippen LogP) is 3.49. The number of carbonyl (C=O) groups excluding carboxylic acids is 1. The van der Waals surface area contributed by atoms with E-state index in [1.807, 2.05) is 19.2 Å². The first kappa shape index (κ1) is 17.0. The summed E-state index contributed by atoms with van der Waals surface area (Å²) < 4.78 is 0. The quantitative estimate of drug-likeness (QED) is 0.902. The van der Waals surface area contributed by atoms with Crippen LogP contribution in [0, 0.1) is 13.8 Å². The van der Waals surface area contributed by atoms with Crippen molar-refractivity contribution in [3.05, 3.63) is 40.2 Å². The average Bonchev–Trinajstić information content (AvgIpc) is 3.13. The highest BCUT2D eigenvalue weighted by Gasteiger charge is 2.24. The Balaban J connectivity index is 1.62. The molecular formula is C18H24N4OS. The molecule has 2 aromatic rings. The number of aromatic nitrogens is 2. The highest BCUT2D eigenvalue weighted by molar-refractivity contribution is 7.13. The maximum absolute atomic E-state index is 12.1. The van der Waals surface area contributed by atoms with Crippen LogP contribution in [-0.2, 0) is 11.2 Å². The molecule has 0 saturated carbocycles. The molecule has 3 rings (SSSR count). The van der Waals surface area contributed by atoms with Crippen LogP contribution in [0.3, 0.4) is 0 Å². The number of pyridine rings is 1. The molecule has 1 amide bonds. The molecule has 0 radical (unpaired) electrons. The van der Waals surface area contributed by atoms with Crippen molar-refractivity contribution in [2.24, 2.45) is 0 Å². The Hall–Kier alpha value is -1.79. The Kier molecular flexibility index (Phi) is 5.26. The Bertz CT molecular complexity index is 728. The zero-order chi connectivity index (χ0) is 17.1. The van der Waals surface area contributed by atoms with Gasteiger partial charge in [0.15, 0.2) is 5.13 Å². The molecule has 1 atom stereocenters. The molecule has 1 aliphatic rings. The second-order valence-electron chi connectivity index (χ2n) is 6.52. The number of thiazole rings is 1. The topological polar surface area (TPSA) is 58.1 Å². The summed E-state index contributed by atoms with van der Waals surface area (Å²) in [4.78, 5) is 23.4. The number of nitrogens with zero attached hydrogens (tertiary/aromatic N) is 3. The molecule has 0 spiro atoms. The molecule has 6 heteroatoms. The molecule has 1 fully saturated rings. The molecule has 0 aromatic carbocycles. The van der Waals surface area contributed by atoms with Crippen LogP contribution in [0.15, 0.2) is 17.5 Å². The van der Waals surface area contributed by atoms with Crippen molar-refractivity contribution in [3.8, 4) is 0 Å². The summed E-state index contributed by atoms with van der Waals surface area (Å²) in [7, 11) is 2.16. The normalized spacial score (nSPS) is 18.0. The second-order valence-corrected chi connectivity index (χ2v) is 7.38. The first-order valence-corrected chi connectivity index (χ1v) is 9.29. The average molecular weight is 344 g/mol. The molecule has 2 aromatic heterocycles. The van der Waals surface area contributed by atoms with Crippen molar-refractivity contribution in [2.45, 2.75) is 45.6 Å². The minimum absolute atomic E-state index is 0.0124. The van der Waals surface area contributed by atoms with Crippen molar-refractivity contribution in [1.29, 1.82) is 0 Å². The Morgan fingerprint density at radius 3 is 2.83 bits per heavy atom. The SMILES string of the molecule is Cc1cc(CCC(=O)Nc2nc(C)cs2)cc(C2CCCN2C)n1. The number of amides is 1. The Morgan fingerprint density at radius 2 is 2.17 bits per heavy atom. The largest absolute Gasteiger partial charge is 0.302 e. The highest BCUT2D eigenvalue weighted by Crippen LogP contribution is 2.30. The molecule has 0 bridgehead atoms. The third-order valence-corrected chi connectivity index (χ3v) is 5.28. The van der Waals surface area contributed by atoms with Gasteiger partial charge in [0.05, 0.1) is 17.4 Å². The monoisotopic (exact) mass is 344 g/mol. The fourth-order valence-corrected chi connectivity index (χ4v) is 3.92. The van der Waals surface area contributed by atoms with Gasteiger partial charge < -0.3 is 5.32 Å². The zero-order valence-corrected chi connectivity index (χ0v) is 15.3. The number of anilines is 1. The molecular weight excluding hydrogens is 320 g/mol. The summed E-state index contributed by atoms with van der Waals surface area (Å²) in [6.07, 6.45) is 3.57. The number of hydrogen-bond donors (Lipinski definition) is 1. The molecule has 5 nitrogen and oxygen atoms in total. The van der Waals surface area contributed by atoms with Crippen LogP contribution in [0.25, 0.3) is 0 Å². The lowest BCUT2D eigenvalue weighted by molar-refractivity contribution is -0.116. The van der Waals surface area contributed by atoms with Gasteiger partial charge in [-0.05, 0) is 64.4 Å². The number of carbonyl (C=O) groups is 1. The van der Waals surface area contributed by atoms with E-state index < -0.39 is 0 Å². The first-order chi connectivity index (χ1) is 11.5. The van der Waals surface area contributed by atoms with Crippen LogP contribution >= 0.6 is 11.3 Å². The van der Waals surface area contributed by atoms with Gasteiger partial charge in [-0.1, -0.05) is 0 Å². The van der Waals surface area contributed by atoms with Crippen LogP contribution < -0.4 is 5.32 Å². The summed E-state index contributed by atoms with van der Waals surface area (Å²) in [5.41, 5.74) is 4.29. The minimum Gasteiger partial charge on any atom is -0.302 e. The summed E-state index contributed by atoms with van der Waals surface area (Å²) in [5, 5.41) is 5.48. The van der Waals surface area contributed by atoms with Gasteiger partial charge in [-0.25, -0.2) is 4.98 Å². The number of nitrogens with one attached hydrogen (secondary N) is 1. The first-order valence-electron chi connectivity index (χ1n) is 8.41. The van der Waals surface area contributed by atoms with E-state index in [-0.39, 0.29) is 5.91 Å². The van der Waals surface area contributed by atoms with Crippen LogP contribution in [0.5, 0.6) is 0 Å². The van der Waals surface area contributed by atoms with Crippen molar-refractivity contribution in [1.82, 2.24) is 14.9 Å². The summed E-state index contributed by atoms with van der Waals surface area (Å²) in [5.74, 6) is 0.0124. The maximum Gasteiger partial charge on any atom is 0.226 e. The lowest BCUT2D eigenvalue weighted by Crippen LogP contribution is -2.19. The van der Waals surface area contributed by atoms with Crippen LogP contribution in [-0.4, -0.2) is 34.4 Å². The van der Waals surface area contributed by atoms with Gasteiger partial charge in [-0.3, -0.25) is 14.7 Å². The van der Waals surface area contributed by atoms with Crippen molar-refractivity contribution >= 4 is 22.4 Å². The Labute approximate surface area is 147 Å². The van der Waals surface area contributed by atoms with E-state index in [1.165, 1.54) is 23.3 Å². The number of rotatable bonds is 5. The van der Waals surface area contributed by atoms with Gasteiger partial charge in [-0.2, -0.15) is 0 Å². The van der Waals surface area contributed by atoms with Gasteiger partial charge >= 0.3 is 0 Å². The van der Waals surface area contributed by atoms with E-state index >= 15 is 0 Å². The highest BCUT2D eigenvalue weighted by atomic mass is 32.1. The predicted molar refractivity (Wildman–Crippen MR) is 97.4 cm³/mol. The van der Waals surface area contributed by atoms with Gasteiger partial charge in [0.2, 0.25) is 5.91 Å². The fourth-order valence-electron chi connectivity index (χ4n) is 3.22. The van der Waals surface area contributed by atoms with Crippen LogP contribution in [0.1, 0.15) is 47.9 Å². The van der Waals surface area contributed by atoms with Gasteiger partial charge in [-0.15, -0.1) is 11.3 Å². The molecule has 1 N–H and O–H groups in total. The smallest absolute Gasteiger partial charge is 0.226 e. The van der Waals surface area contributed by atoms with E-state index in [9.17, 15) is 4.79 Å². The number of hydrogen-bond acceptors (Lipinski definition) is 5. The van der Waals surface area contributed by atoms with Crippen molar-refractivity contribution in [2.75, 3.05) is 18.9 Å². The lowest BCUT2D eigenvalue weighted by atomic mass is 10.0. The van der Waals surface area contributed by atoms with Crippen LogP contribution in [0.4, 0.5) is 5.13 Å². The molecule has 3 heterocycles.